The van der Waals surface area contributed by atoms with Gasteiger partial charge in [-0.1, -0.05) is 0 Å². The van der Waals surface area contributed by atoms with Crippen molar-refractivity contribution in [1.82, 2.24) is 0 Å². The molecule has 2 heterocycles. The molecule has 130 valence electrons. The molecule has 2 saturated heterocycles. The SMILES string of the molecule is C[C@H]1O[C@@](CO)(O[C@H]2O[C@H](CO)[C@@H](O)[C@H](O)[C@H]2O)[C@@H](O)[C@@H]1O. The van der Waals surface area contributed by atoms with Gasteiger partial charge in [-0.05, 0) is 6.92 Å². The first-order chi connectivity index (χ1) is 10.3. The van der Waals surface area contributed by atoms with Gasteiger partial charge in [-0.2, -0.15) is 0 Å². The Morgan fingerprint density at radius 1 is 0.955 bits per heavy atom. The number of ether oxygens (including phenoxy) is 3. The summed E-state index contributed by atoms with van der Waals surface area (Å²) in [6.45, 7) is -0.0636. The third-order valence-electron chi connectivity index (χ3n) is 4.02. The lowest BCUT2D eigenvalue weighted by molar-refractivity contribution is -0.382. The molecule has 7 N–H and O–H groups in total. The topological polar surface area (TPSA) is 169 Å². The van der Waals surface area contributed by atoms with Crippen molar-refractivity contribution < 1.29 is 50.0 Å². The molecule has 0 aromatic rings. The average molecular weight is 326 g/mol. The highest BCUT2D eigenvalue weighted by Crippen LogP contribution is 2.35. The van der Waals surface area contributed by atoms with Gasteiger partial charge in [0.2, 0.25) is 5.79 Å². The van der Waals surface area contributed by atoms with Crippen LogP contribution >= 0.6 is 0 Å². The Balaban J connectivity index is 2.17. The fourth-order valence-corrected chi connectivity index (χ4v) is 2.60. The fourth-order valence-electron chi connectivity index (χ4n) is 2.60. The second kappa shape index (κ2) is 6.61. The van der Waals surface area contributed by atoms with Crippen LogP contribution in [-0.2, 0) is 14.2 Å². The Labute approximate surface area is 126 Å². The summed E-state index contributed by atoms with van der Waals surface area (Å²) in [7, 11) is 0. The standard InChI is InChI=1S/C12H22O10/c1-4-6(15)10(19)12(3-14,21-4)22-11-9(18)8(17)7(16)5(2-13)20-11/h4-11,13-19H,2-3H2,1H3/t4-,5-,6-,7-,8+,9-,10+,11-,12+/m1/s1. The van der Waals surface area contributed by atoms with E-state index in [1.165, 1.54) is 6.92 Å². The van der Waals surface area contributed by atoms with E-state index in [-0.39, 0.29) is 0 Å². The number of hydrogen-bond donors (Lipinski definition) is 7. The molecule has 2 aliphatic heterocycles. The molecular formula is C12H22O10. The van der Waals surface area contributed by atoms with Gasteiger partial charge in [0.1, 0.15) is 43.2 Å². The van der Waals surface area contributed by atoms with Crippen LogP contribution in [0.5, 0.6) is 0 Å². The van der Waals surface area contributed by atoms with E-state index in [0.717, 1.165) is 0 Å². The monoisotopic (exact) mass is 326 g/mol. The molecule has 0 aromatic heterocycles. The lowest BCUT2D eigenvalue weighted by Gasteiger charge is -2.43. The van der Waals surface area contributed by atoms with Gasteiger partial charge in [0.25, 0.3) is 0 Å². The van der Waals surface area contributed by atoms with Crippen LogP contribution in [0.15, 0.2) is 0 Å². The van der Waals surface area contributed by atoms with E-state index in [1.807, 2.05) is 0 Å². The van der Waals surface area contributed by atoms with Gasteiger partial charge in [0.05, 0.1) is 12.7 Å². The van der Waals surface area contributed by atoms with Gasteiger partial charge in [-0.15, -0.1) is 0 Å². The normalized spacial score (nSPS) is 52.9. The van der Waals surface area contributed by atoms with Crippen LogP contribution in [-0.4, -0.2) is 104 Å². The van der Waals surface area contributed by atoms with E-state index in [1.54, 1.807) is 0 Å². The molecule has 0 aliphatic carbocycles. The first-order valence-corrected chi connectivity index (χ1v) is 6.90. The van der Waals surface area contributed by atoms with Crippen LogP contribution in [0.1, 0.15) is 6.92 Å². The molecule has 0 saturated carbocycles. The largest absolute Gasteiger partial charge is 0.394 e. The fraction of sp³-hybridized carbons (Fsp3) is 1.00. The van der Waals surface area contributed by atoms with Gasteiger partial charge in [-0.25, -0.2) is 0 Å². The highest BCUT2D eigenvalue weighted by Gasteiger charge is 2.57. The maximum atomic E-state index is 9.98. The zero-order valence-electron chi connectivity index (χ0n) is 11.9. The van der Waals surface area contributed by atoms with Crippen molar-refractivity contribution in [2.45, 2.75) is 61.7 Å². The van der Waals surface area contributed by atoms with Crippen molar-refractivity contribution in [3.63, 3.8) is 0 Å². The summed E-state index contributed by atoms with van der Waals surface area (Å²) in [5.41, 5.74) is 0. The van der Waals surface area contributed by atoms with E-state index in [9.17, 15) is 30.6 Å². The first kappa shape index (κ1) is 17.9. The maximum Gasteiger partial charge on any atom is 0.223 e. The lowest BCUT2D eigenvalue weighted by atomic mass is 9.99. The Bertz CT molecular complexity index is 379. The third-order valence-corrected chi connectivity index (χ3v) is 4.02. The number of aliphatic hydroxyl groups is 7. The van der Waals surface area contributed by atoms with Crippen molar-refractivity contribution in [2.24, 2.45) is 0 Å². The molecule has 10 heteroatoms. The molecule has 0 spiro atoms. The van der Waals surface area contributed by atoms with E-state index in [2.05, 4.69) is 0 Å². The lowest BCUT2D eigenvalue weighted by Crippen LogP contribution is -2.62. The van der Waals surface area contributed by atoms with Crippen molar-refractivity contribution in [1.29, 1.82) is 0 Å². The van der Waals surface area contributed by atoms with E-state index < -0.39 is 68.0 Å². The van der Waals surface area contributed by atoms with Gasteiger partial charge in [0, 0.05) is 0 Å². The van der Waals surface area contributed by atoms with Crippen LogP contribution in [0.2, 0.25) is 0 Å². The van der Waals surface area contributed by atoms with Crippen molar-refractivity contribution in [3.05, 3.63) is 0 Å². The quantitative estimate of drug-likeness (QED) is 0.268. The summed E-state index contributed by atoms with van der Waals surface area (Å²) >= 11 is 0. The Morgan fingerprint density at radius 3 is 2.05 bits per heavy atom. The molecule has 0 amide bonds. The molecule has 0 bridgehead atoms. The first-order valence-electron chi connectivity index (χ1n) is 6.90. The van der Waals surface area contributed by atoms with Crippen molar-refractivity contribution in [3.8, 4) is 0 Å². The van der Waals surface area contributed by atoms with Gasteiger partial charge < -0.3 is 50.0 Å². The zero-order valence-corrected chi connectivity index (χ0v) is 11.9. The highest BCUT2D eigenvalue weighted by atomic mass is 16.8. The zero-order chi connectivity index (χ0) is 16.7. The van der Waals surface area contributed by atoms with Crippen LogP contribution in [0, 0.1) is 0 Å². The second-order valence-electron chi connectivity index (χ2n) is 5.54. The van der Waals surface area contributed by atoms with Crippen LogP contribution in [0.3, 0.4) is 0 Å². The van der Waals surface area contributed by atoms with Crippen molar-refractivity contribution in [2.75, 3.05) is 13.2 Å². The van der Waals surface area contributed by atoms with Crippen LogP contribution < -0.4 is 0 Å². The maximum absolute atomic E-state index is 9.98. The average Bonchev–Trinajstić information content (AvgIpc) is 2.72. The summed E-state index contributed by atoms with van der Waals surface area (Å²) in [4.78, 5) is 0. The Morgan fingerprint density at radius 2 is 1.59 bits per heavy atom. The highest BCUT2D eigenvalue weighted by molar-refractivity contribution is 4.97. The van der Waals surface area contributed by atoms with Crippen LogP contribution in [0.25, 0.3) is 0 Å². The minimum absolute atomic E-state index is 0.653. The third kappa shape index (κ3) is 2.87. The number of aliphatic hydroxyl groups excluding tert-OH is 7. The van der Waals surface area contributed by atoms with Crippen molar-refractivity contribution >= 4 is 0 Å². The predicted octanol–water partition coefficient (Wildman–Crippen LogP) is -4.37. The second-order valence-corrected chi connectivity index (χ2v) is 5.54. The molecule has 0 unspecified atom stereocenters. The minimum atomic E-state index is -2.06. The Kier molecular flexibility index (Phi) is 5.39. The van der Waals surface area contributed by atoms with Gasteiger partial charge in [-0.3, -0.25) is 0 Å². The molecule has 22 heavy (non-hydrogen) atoms. The molecule has 0 radical (unpaired) electrons. The summed E-state index contributed by atoms with van der Waals surface area (Å²) in [6, 6.07) is 0. The molecule has 2 aliphatic rings. The summed E-state index contributed by atoms with van der Waals surface area (Å²) in [5, 5.41) is 67.5. The molecule has 9 atom stereocenters. The summed E-state index contributed by atoms with van der Waals surface area (Å²) in [5.74, 6) is -2.06. The van der Waals surface area contributed by atoms with Gasteiger partial charge >= 0.3 is 0 Å². The van der Waals surface area contributed by atoms with Crippen LogP contribution in [0.4, 0.5) is 0 Å². The molecule has 0 aromatic carbocycles. The smallest absolute Gasteiger partial charge is 0.223 e. The summed E-state index contributed by atoms with van der Waals surface area (Å²) < 4.78 is 15.6. The minimum Gasteiger partial charge on any atom is -0.394 e. The molecule has 10 nitrogen and oxygen atoms in total. The number of hydrogen-bond acceptors (Lipinski definition) is 10. The Hall–Kier alpha value is -0.400. The summed E-state index contributed by atoms with van der Waals surface area (Å²) in [6.07, 6.45) is -11.6. The molecule has 2 fully saturated rings. The van der Waals surface area contributed by atoms with E-state index in [0.29, 0.717) is 0 Å². The number of rotatable bonds is 4. The molecule has 2 rings (SSSR count). The van der Waals surface area contributed by atoms with Gasteiger partial charge in [0.15, 0.2) is 6.29 Å². The molecular weight excluding hydrogens is 304 g/mol. The van der Waals surface area contributed by atoms with E-state index >= 15 is 0 Å². The van der Waals surface area contributed by atoms with E-state index in [4.69, 9.17) is 19.3 Å². The predicted molar refractivity (Wildman–Crippen MR) is 67.2 cm³/mol.